The van der Waals surface area contributed by atoms with Gasteiger partial charge in [0.1, 0.15) is 0 Å². The van der Waals surface area contributed by atoms with Gasteiger partial charge in [0.2, 0.25) is 0 Å². The van der Waals surface area contributed by atoms with Crippen LogP contribution in [-0.4, -0.2) is 10.6 Å². The monoisotopic (exact) mass is 310 g/mol. The van der Waals surface area contributed by atoms with Gasteiger partial charge in [-0.05, 0) is 52.4 Å². The van der Waals surface area contributed by atoms with Crippen LogP contribution in [0.15, 0.2) is 34.2 Å². The Labute approximate surface area is 114 Å². The molecule has 3 rings (SSSR count). The van der Waals surface area contributed by atoms with E-state index < -0.39 is 0 Å². The van der Waals surface area contributed by atoms with Crippen molar-refractivity contribution < 1.29 is 0 Å². The Kier molecular flexibility index (Phi) is 3.36. The summed E-state index contributed by atoms with van der Waals surface area (Å²) in [4.78, 5) is 1.38. The van der Waals surface area contributed by atoms with E-state index in [0.717, 1.165) is 19.1 Å². The number of halogens is 1. The number of thiophene rings is 1. The fourth-order valence-electron chi connectivity index (χ4n) is 1.89. The van der Waals surface area contributed by atoms with Crippen molar-refractivity contribution in [1.29, 1.82) is 0 Å². The molecule has 0 aliphatic heterocycles. The molecule has 1 aliphatic rings. The lowest BCUT2D eigenvalue weighted by Gasteiger charge is -2.09. The third-order valence-electron chi connectivity index (χ3n) is 3.08. The van der Waals surface area contributed by atoms with Gasteiger partial charge in [0.25, 0.3) is 0 Å². The molecule has 1 fully saturated rings. The zero-order chi connectivity index (χ0) is 11.7. The average Bonchev–Trinajstić information content (AvgIpc) is 2.92. The predicted octanol–water partition coefficient (Wildman–Crippen LogP) is 3.61. The molecule has 0 unspecified atom stereocenters. The van der Waals surface area contributed by atoms with Crippen LogP contribution in [0.5, 0.6) is 0 Å². The van der Waals surface area contributed by atoms with E-state index in [-0.39, 0.29) is 0 Å². The number of aromatic nitrogens is 1. The van der Waals surface area contributed by atoms with E-state index in [0.29, 0.717) is 0 Å². The molecule has 2 aromatic rings. The first kappa shape index (κ1) is 11.5. The van der Waals surface area contributed by atoms with Gasteiger partial charge in [-0.2, -0.15) is 0 Å². The van der Waals surface area contributed by atoms with E-state index in [9.17, 15) is 0 Å². The number of hydrogen-bond donors (Lipinski definition) is 1. The first-order valence-corrected chi connectivity index (χ1v) is 7.59. The van der Waals surface area contributed by atoms with Crippen molar-refractivity contribution in [3.05, 3.63) is 44.8 Å². The highest BCUT2D eigenvalue weighted by Crippen LogP contribution is 2.24. The van der Waals surface area contributed by atoms with Gasteiger partial charge in [0, 0.05) is 33.8 Å². The second-order valence-corrected chi connectivity index (χ2v) is 6.33. The van der Waals surface area contributed by atoms with Gasteiger partial charge in [-0.1, -0.05) is 0 Å². The quantitative estimate of drug-likeness (QED) is 0.892. The normalized spacial score (nSPS) is 15.4. The zero-order valence-corrected chi connectivity index (χ0v) is 11.9. The molecule has 0 radical (unpaired) electrons. The highest BCUT2D eigenvalue weighted by atomic mass is 79.9. The summed E-state index contributed by atoms with van der Waals surface area (Å²) in [6.07, 6.45) is 4.85. The van der Waals surface area contributed by atoms with E-state index in [4.69, 9.17) is 0 Å². The zero-order valence-electron chi connectivity index (χ0n) is 9.53. The van der Waals surface area contributed by atoms with Crippen LogP contribution in [0.3, 0.4) is 0 Å². The minimum Gasteiger partial charge on any atom is -0.345 e. The summed E-state index contributed by atoms with van der Waals surface area (Å²) in [6, 6.07) is 7.22. The topological polar surface area (TPSA) is 17.0 Å². The third-order valence-corrected chi connectivity index (χ3v) is 4.99. The van der Waals surface area contributed by atoms with Gasteiger partial charge in [-0.15, -0.1) is 11.3 Å². The molecule has 0 aromatic carbocycles. The molecule has 2 nitrogen and oxygen atoms in total. The Bertz CT molecular complexity index is 499. The summed E-state index contributed by atoms with van der Waals surface area (Å²) in [5, 5.41) is 5.69. The maximum atomic E-state index is 3.59. The molecule has 0 bridgehead atoms. The minimum atomic E-state index is 0.770. The maximum absolute atomic E-state index is 3.59. The van der Waals surface area contributed by atoms with Crippen molar-refractivity contribution >= 4 is 27.3 Å². The third kappa shape index (κ3) is 2.81. The fourth-order valence-corrected chi connectivity index (χ4v) is 3.37. The number of hydrogen-bond acceptors (Lipinski definition) is 2. The first-order valence-electron chi connectivity index (χ1n) is 5.92. The molecular weight excluding hydrogens is 296 g/mol. The average molecular weight is 311 g/mol. The van der Waals surface area contributed by atoms with E-state index in [1.807, 2.05) is 0 Å². The van der Waals surface area contributed by atoms with Gasteiger partial charge in [0.15, 0.2) is 0 Å². The van der Waals surface area contributed by atoms with Crippen LogP contribution in [0.4, 0.5) is 0 Å². The van der Waals surface area contributed by atoms with Crippen LogP contribution < -0.4 is 5.32 Å². The molecule has 1 aliphatic carbocycles. The summed E-state index contributed by atoms with van der Waals surface area (Å²) in [6.45, 7) is 1.95. The van der Waals surface area contributed by atoms with E-state index in [2.05, 4.69) is 55.6 Å². The molecule has 2 heterocycles. The van der Waals surface area contributed by atoms with Crippen LogP contribution in [0.1, 0.15) is 23.4 Å². The number of nitrogens with zero attached hydrogens (tertiary/aromatic N) is 1. The molecule has 90 valence electrons. The fraction of sp³-hybridized carbons (Fsp3) is 0.385. The maximum Gasteiger partial charge on any atom is 0.0578 e. The summed E-state index contributed by atoms with van der Waals surface area (Å²) in [5.74, 6) is 0. The Balaban J connectivity index is 1.69. The molecule has 1 saturated carbocycles. The molecule has 1 N–H and O–H groups in total. The minimum absolute atomic E-state index is 0.770. The van der Waals surface area contributed by atoms with E-state index in [1.54, 1.807) is 11.3 Å². The van der Waals surface area contributed by atoms with Crippen molar-refractivity contribution in [2.45, 2.75) is 32.0 Å². The van der Waals surface area contributed by atoms with E-state index >= 15 is 0 Å². The first-order chi connectivity index (χ1) is 8.33. The van der Waals surface area contributed by atoms with Crippen LogP contribution >= 0.6 is 27.3 Å². The van der Waals surface area contributed by atoms with Gasteiger partial charge in [0.05, 0.1) is 6.54 Å². The van der Waals surface area contributed by atoms with Crippen molar-refractivity contribution in [3.8, 4) is 0 Å². The number of rotatable bonds is 5. The summed E-state index contributed by atoms with van der Waals surface area (Å²) in [5.41, 5.74) is 1.37. The lowest BCUT2D eigenvalue weighted by Crippen LogP contribution is -2.18. The summed E-state index contributed by atoms with van der Waals surface area (Å²) < 4.78 is 3.55. The van der Waals surface area contributed by atoms with Crippen LogP contribution in [-0.2, 0) is 13.1 Å². The van der Waals surface area contributed by atoms with Crippen molar-refractivity contribution in [2.75, 3.05) is 0 Å². The molecule has 4 heteroatoms. The molecule has 2 aromatic heterocycles. The summed E-state index contributed by atoms with van der Waals surface area (Å²) >= 11 is 5.40. The molecular formula is C13H15BrN2S. The Morgan fingerprint density at radius 1 is 1.41 bits per heavy atom. The molecule has 0 amide bonds. The second kappa shape index (κ2) is 4.96. The Morgan fingerprint density at radius 2 is 2.29 bits per heavy atom. The summed E-state index contributed by atoms with van der Waals surface area (Å²) in [7, 11) is 0. The molecule has 0 atom stereocenters. The standard InChI is InChI=1S/C13H15BrN2S/c14-12-5-7-17-13(12)9-16-6-1-2-11(16)8-15-10-3-4-10/h1-2,5-7,10,15H,3-4,8-9H2. The highest BCUT2D eigenvalue weighted by Gasteiger charge is 2.20. The van der Waals surface area contributed by atoms with Crippen LogP contribution in [0.25, 0.3) is 0 Å². The lowest BCUT2D eigenvalue weighted by atomic mass is 10.4. The molecule has 0 saturated heterocycles. The van der Waals surface area contributed by atoms with Crippen LogP contribution in [0.2, 0.25) is 0 Å². The molecule has 0 spiro atoms. The van der Waals surface area contributed by atoms with Gasteiger partial charge < -0.3 is 9.88 Å². The Hall–Kier alpha value is -0.580. The van der Waals surface area contributed by atoms with Gasteiger partial charge >= 0.3 is 0 Å². The van der Waals surface area contributed by atoms with Crippen molar-refractivity contribution in [2.24, 2.45) is 0 Å². The van der Waals surface area contributed by atoms with Gasteiger partial charge in [-0.3, -0.25) is 0 Å². The lowest BCUT2D eigenvalue weighted by molar-refractivity contribution is 0.636. The van der Waals surface area contributed by atoms with Crippen molar-refractivity contribution in [1.82, 2.24) is 9.88 Å². The largest absolute Gasteiger partial charge is 0.345 e. The van der Waals surface area contributed by atoms with Crippen LogP contribution in [0, 0.1) is 0 Å². The smallest absolute Gasteiger partial charge is 0.0578 e. The second-order valence-electron chi connectivity index (χ2n) is 4.47. The SMILES string of the molecule is Brc1ccsc1Cn1cccc1CNC1CC1. The van der Waals surface area contributed by atoms with Gasteiger partial charge in [-0.25, -0.2) is 0 Å². The Morgan fingerprint density at radius 3 is 3.00 bits per heavy atom. The highest BCUT2D eigenvalue weighted by molar-refractivity contribution is 9.10. The van der Waals surface area contributed by atoms with E-state index in [1.165, 1.54) is 27.9 Å². The number of nitrogens with one attached hydrogen (secondary N) is 1. The molecule has 17 heavy (non-hydrogen) atoms. The van der Waals surface area contributed by atoms with Crippen molar-refractivity contribution in [3.63, 3.8) is 0 Å². The predicted molar refractivity (Wildman–Crippen MR) is 75.4 cm³/mol.